The van der Waals surface area contributed by atoms with Gasteiger partial charge in [0.1, 0.15) is 0 Å². The molecular weight excluding hydrogens is 160 g/mol. The number of rotatable bonds is 3. The third-order valence-electron chi connectivity index (χ3n) is 1.31. The van der Waals surface area contributed by atoms with E-state index in [1.165, 1.54) is 0 Å². The average Bonchev–Trinajstić information content (AvgIpc) is 2.04. The van der Waals surface area contributed by atoms with Gasteiger partial charge in [0.05, 0.1) is 6.61 Å². The van der Waals surface area contributed by atoms with Crippen LogP contribution in [0, 0.1) is 6.07 Å². The van der Waals surface area contributed by atoms with Crippen molar-refractivity contribution in [3.8, 4) is 0 Å². The van der Waals surface area contributed by atoms with Crippen LogP contribution in [0.1, 0.15) is 12.5 Å². The minimum Gasteiger partial charge on any atom is -0.377 e. The Hall–Kier alpha value is -0.530. The zero-order valence-electron chi connectivity index (χ0n) is 6.43. The molecule has 0 fully saturated rings. The molecule has 0 aromatic heterocycles. The van der Waals surface area contributed by atoms with Crippen LogP contribution in [0.4, 0.5) is 0 Å². The van der Waals surface area contributed by atoms with Crippen LogP contribution in [0.3, 0.4) is 0 Å². The van der Waals surface area contributed by atoms with Gasteiger partial charge >= 0.3 is 0 Å². The van der Waals surface area contributed by atoms with Crippen molar-refractivity contribution in [3.05, 3.63) is 34.9 Å². The normalized spacial score (nSPS) is 10.0. The predicted octanol–water partition coefficient (Wildman–Crippen LogP) is 2.68. The molecule has 1 rings (SSSR count). The predicted molar refractivity (Wildman–Crippen MR) is 45.6 cm³/mol. The van der Waals surface area contributed by atoms with E-state index < -0.39 is 0 Å². The Balaban J connectivity index is 2.52. The molecule has 0 bridgehead atoms. The van der Waals surface area contributed by atoms with E-state index in [4.69, 9.17) is 16.3 Å². The second kappa shape index (κ2) is 4.37. The smallest absolute Gasteiger partial charge is 0.0716 e. The van der Waals surface area contributed by atoms with Gasteiger partial charge in [-0.2, -0.15) is 0 Å². The molecule has 0 saturated carbocycles. The standard InChI is InChI=1S/C9H10ClO/c1-2-11-7-8-3-5-9(10)6-4-8/h3-5H,2,7H2,1H3. The van der Waals surface area contributed by atoms with Crippen LogP contribution in [0.15, 0.2) is 18.2 Å². The van der Waals surface area contributed by atoms with Crippen molar-refractivity contribution in [3.63, 3.8) is 0 Å². The highest BCUT2D eigenvalue weighted by molar-refractivity contribution is 6.30. The van der Waals surface area contributed by atoms with Crippen LogP contribution in [0.5, 0.6) is 0 Å². The maximum Gasteiger partial charge on any atom is 0.0716 e. The molecular formula is C9H10ClO. The number of halogens is 1. The largest absolute Gasteiger partial charge is 0.377 e. The topological polar surface area (TPSA) is 9.23 Å². The van der Waals surface area contributed by atoms with Crippen molar-refractivity contribution in [1.29, 1.82) is 0 Å². The number of hydrogen-bond acceptors (Lipinski definition) is 1. The summed E-state index contributed by atoms with van der Waals surface area (Å²) in [6, 6.07) is 8.49. The fourth-order valence-corrected chi connectivity index (χ4v) is 0.865. The summed E-state index contributed by atoms with van der Waals surface area (Å²) >= 11 is 5.65. The maximum atomic E-state index is 5.65. The molecule has 1 nitrogen and oxygen atoms in total. The first kappa shape index (κ1) is 8.57. The third-order valence-corrected chi connectivity index (χ3v) is 1.55. The summed E-state index contributed by atoms with van der Waals surface area (Å²) in [6.07, 6.45) is 0. The number of hydrogen-bond donors (Lipinski definition) is 0. The van der Waals surface area contributed by atoms with E-state index in [2.05, 4.69) is 6.07 Å². The van der Waals surface area contributed by atoms with Gasteiger partial charge in [-0.15, -0.1) is 0 Å². The SMILES string of the molecule is CCOCc1c[c]c(Cl)cc1. The van der Waals surface area contributed by atoms with Crippen molar-refractivity contribution in [2.45, 2.75) is 13.5 Å². The quantitative estimate of drug-likeness (QED) is 0.676. The molecule has 0 heterocycles. The van der Waals surface area contributed by atoms with Gasteiger partial charge in [-0.1, -0.05) is 17.7 Å². The summed E-state index contributed by atoms with van der Waals surface area (Å²) in [7, 11) is 0. The lowest BCUT2D eigenvalue weighted by Crippen LogP contribution is -1.90. The summed E-state index contributed by atoms with van der Waals surface area (Å²) in [5.41, 5.74) is 1.11. The third kappa shape index (κ3) is 2.91. The first-order valence-corrected chi connectivity index (χ1v) is 3.94. The minimum absolute atomic E-state index is 0.643. The van der Waals surface area contributed by atoms with Crippen LogP contribution in [0.25, 0.3) is 0 Å². The van der Waals surface area contributed by atoms with Crippen LogP contribution >= 0.6 is 11.6 Å². The summed E-state index contributed by atoms with van der Waals surface area (Å²) in [5, 5.41) is 0.644. The molecule has 0 unspecified atom stereocenters. The minimum atomic E-state index is 0.643. The zero-order valence-corrected chi connectivity index (χ0v) is 7.19. The first-order valence-electron chi connectivity index (χ1n) is 3.57. The Morgan fingerprint density at radius 2 is 2.36 bits per heavy atom. The van der Waals surface area contributed by atoms with Crippen molar-refractivity contribution >= 4 is 11.6 Å². The van der Waals surface area contributed by atoms with E-state index in [9.17, 15) is 0 Å². The van der Waals surface area contributed by atoms with Crippen molar-refractivity contribution in [2.75, 3.05) is 6.61 Å². The Labute approximate surface area is 71.9 Å². The van der Waals surface area contributed by atoms with Gasteiger partial charge in [0, 0.05) is 17.7 Å². The van der Waals surface area contributed by atoms with Crippen LogP contribution in [0.2, 0.25) is 5.02 Å². The Morgan fingerprint density at radius 1 is 1.55 bits per heavy atom. The highest BCUT2D eigenvalue weighted by atomic mass is 35.5. The monoisotopic (exact) mass is 169 g/mol. The zero-order chi connectivity index (χ0) is 8.10. The summed E-state index contributed by atoms with van der Waals surface area (Å²) in [6.45, 7) is 3.35. The van der Waals surface area contributed by atoms with E-state index >= 15 is 0 Å². The highest BCUT2D eigenvalue weighted by Crippen LogP contribution is 2.09. The van der Waals surface area contributed by atoms with Crippen LogP contribution in [-0.4, -0.2) is 6.61 Å². The molecule has 11 heavy (non-hydrogen) atoms. The van der Waals surface area contributed by atoms with Gasteiger partial charge in [-0.25, -0.2) is 0 Å². The van der Waals surface area contributed by atoms with E-state index in [-0.39, 0.29) is 0 Å². The maximum absolute atomic E-state index is 5.65. The van der Waals surface area contributed by atoms with Gasteiger partial charge in [-0.05, 0) is 24.6 Å². The van der Waals surface area contributed by atoms with Gasteiger partial charge in [0.25, 0.3) is 0 Å². The molecule has 0 atom stereocenters. The Bertz CT molecular complexity index is 205. The molecule has 1 radical (unpaired) electrons. The second-order valence-electron chi connectivity index (χ2n) is 2.18. The van der Waals surface area contributed by atoms with Crippen LogP contribution < -0.4 is 0 Å². The molecule has 0 aliphatic heterocycles. The molecule has 2 heteroatoms. The molecule has 59 valence electrons. The van der Waals surface area contributed by atoms with Crippen molar-refractivity contribution < 1.29 is 4.74 Å². The van der Waals surface area contributed by atoms with Gasteiger partial charge in [0.2, 0.25) is 0 Å². The second-order valence-corrected chi connectivity index (χ2v) is 2.59. The van der Waals surface area contributed by atoms with E-state index in [0.29, 0.717) is 11.6 Å². The molecule has 1 aromatic rings. The number of ether oxygens (including phenoxy) is 1. The van der Waals surface area contributed by atoms with Crippen molar-refractivity contribution in [1.82, 2.24) is 0 Å². The Kier molecular flexibility index (Phi) is 3.40. The highest BCUT2D eigenvalue weighted by Gasteiger charge is 1.91. The lowest BCUT2D eigenvalue weighted by molar-refractivity contribution is 0.134. The molecule has 0 aliphatic rings. The Morgan fingerprint density at radius 3 is 2.91 bits per heavy atom. The fraction of sp³-hybridized carbons (Fsp3) is 0.333. The lowest BCUT2D eigenvalue weighted by Gasteiger charge is -1.99. The van der Waals surface area contributed by atoms with E-state index in [1.54, 1.807) is 0 Å². The number of benzene rings is 1. The summed E-state index contributed by atoms with van der Waals surface area (Å²) < 4.78 is 5.20. The van der Waals surface area contributed by atoms with Crippen molar-refractivity contribution in [2.24, 2.45) is 0 Å². The first-order chi connectivity index (χ1) is 5.33. The molecule has 0 N–H and O–H groups in total. The van der Waals surface area contributed by atoms with Gasteiger partial charge in [-0.3, -0.25) is 0 Å². The molecule has 0 aliphatic carbocycles. The molecule has 0 spiro atoms. The van der Waals surface area contributed by atoms with E-state index in [0.717, 1.165) is 12.2 Å². The lowest BCUT2D eigenvalue weighted by atomic mass is 10.2. The van der Waals surface area contributed by atoms with E-state index in [1.807, 2.05) is 25.1 Å². The molecule has 0 amide bonds. The average molecular weight is 170 g/mol. The fourth-order valence-electron chi connectivity index (χ4n) is 0.748. The molecule has 0 saturated heterocycles. The molecule has 1 aromatic carbocycles. The summed E-state index contributed by atoms with van der Waals surface area (Å²) in [4.78, 5) is 0. The van der Waals surface area contributed by atoms with Gasteiger partial charge < -0.3 is 4.74 Å². The summed E-state index contributed by atoms with van der Waals surface area (Å²) in [5.74, 6) is 0. The van der Waals surface area contributed by atoms with Crippen LogP contribution in [-0.2, 0) is 11.3 Å². The van der Waals surface area contributed by atoms with Gasteiger partial charge in [0.15, 0.2) is 0 Å².